The summed E-state index contributed by atoms with van der Waals surface area (Å²) in [5.74, 6) is -0.949. The van der Waals surface area contributed by atoms with E-state index in [9.17, 15) is 14.4 Å². The molecule has 0 rings (SSSR count). The highest BCUT2D eigenvalue weighted by Gasteiger charge is 2.19. The van der Waals surface area contributed by atoms with Gasteiger partial charge in [-0.3, -0.25) is 14.4 Å². The van der Waals surface area contributed by atoms with Crippen LogP contribution in [0.25, 0.3) is 0 Å². The molecule has 0 aromatic heterocycles. The van der Waals surface area contributed by atoms with Crippen LogP contribution in [0.3, 0.4) is 0 Å². The number of carbonyl (C=O) groups is 3. The average Bonchev–Trinajstić information content (AvgIpc) is 3.41. The zero-order valence-electron chi connectivity index (χ0n) is 48.5. The fourth-order valence-corrected chi connectivity index (χ4v) is 8.05. The Morgan fingerprint density at radius 3 is 0.827 bits per heavy atom. The van der Waals surface area contributed by atoms with Crippen LogP contribution < -0.4 is 0 Å². The molecule has 0 aromatic rings. The summed E-state index contributed by atoms with van der Waals surface area (Å²) in [7, 11) is 0. The summed E-state index contributed by atoms with van der Waals surface area (Å²) < 4.78 is 16.7. The first-order valence-electron chi connectivity index (χ1n) is 30.7. The van der Waals surface area contributed by atoms with Crippen LogP contribution in [-0.2, 0) is 28.6 Å². The van der Waals surface area contributed by atoms with Crippen LogP contribution in [0.4, 0.5) is 0 Å². The molecule has 75 heavy (non-hydrogen) atoms. The number of ether oxygens (including phenoxy) is 3. The van der Waals surface area contributed by atoms with Gasteiger partial charge in [-0.05, 0) is 122 Å². The minimum Gasteiger partial charge on any atom is -0.462 e. The van der Waals surface area contributed by atoms with E-state index in [1.54, 1.807) is 0 Å². The minimum absolute atomic E-state index is 0.0942. The van der Waals surface area contributed by atoms with Crippen LogP contribution in [-0.4, -0.2) is 37.2 Å². The largest absolute Gasteiger partial charge is 0.462 e. The highest BCUT2D eigenvalue weighted by molar-refractivity contribution is 5.71. The van der Waals surface area contributed by atoms with Gasteiger partial charge in [-0.25, -0.2) is 0 Å². The van der Waals surface area contributed by atoms with Gasteiger partial charge in [0.15, 0.2) is 6.10 Å². The van der Waals surface area contributed by atoms with E-state index in [1.807, 2.05) is 0 Å². The van der Waals surface area contributed by atoms with Crippen molar-refractivity contribution >= 4 is 17.9 Å². The summed E-state index contributed by atoms with van der Waals surface area (Å²) in [4.78, 5) is 37.9. The number of rotatable bonds is 54. The summed E-state index contributed by atoms with van der Waals surface area (Å²) in [6.45, 7) is 6.40. The van der Waals surface area contributed by atoms with E-state index >= 15 is 0 Å². The van der Waals surface area contributed by atoms with Crippen molar-refractivity contribution in [2.45, 2.75) is 271 Å². The molecule has 0 N–H and O–H groups in total. The molecule has 0 radical (unpaired) electrons. The van der Waals surface area contributed by atoms with E-state index in [1.165, 1.54) is 83.5 Å². The van der Waals surface area contributed by atoms with Gasteiger partial charge in [0.2, 0.25) is 0 Å². The van der Waals surface area contributed by atoms with E-state index < -0.39 is 6.10 Å². The first-order valence-corrected chi connectivity index (χ1v) is 30.7. The third kappa shape index (κ3) is 60.3. The van der Waals surface area contributed by atoms with E-state index in [0.29, 0.717) is 19.3 Å². The molecule has 6 heteroatoms. The lowest BCUT2D eigenvalue weighted by Gasteiger charge is -2.18. The van der Waals surface area contributed by atoms with Gasteiger partial charge < -0.3 is 14.2 Å². The van der Waals surface area contributed by atoms with Crippen molar-refractivity contribution in [1.29, 1.82) is 0 Å². The third-order valence-corrected chi connectivity index (χ3v) is 12.6. The van der Waals surface area contributed by atoms with Crippen LogP contribution in [0.5, 0.6) is 0 Å². The van der Waals surface area contributed by atoms with Crippen molar-refractivity contribution in [3.63, 3.8) is 0 Å². The van der Waals surface area contributed by atoms with Crippen molar-refractivity contribution in [3.05, 3.63) is 134 Å². The van der Waals surface area contributed by atoms with Crippen LogP contribution in [0.1, 0.15) is 265 Å². The molecule has 6 nitrogen and oxygen atoms in total. The zero-order chi connectivity index (χ0) is 54.3. The van der Waals surface area contributed by atoms with Crippen LogP contribution >= 0.6 is 0 Å². The molecule has 0 aliphatic carbocycles. The fourth-order valence-electron chi connectivity index (χ4n) is 8.05. The van der Waals surface area contributed by atoms with Crippen molar-refractivity contribution in [3.8, 4) is 0 Å². The Hall–Kier alpha value is -4.45. The highest BCUT2D eigenvalue weighted by atomic mass is 16.6. The molecule has 0 saturated heterocycles. The Kier molecular flexibility index (Phi) is 58.4. The standard InChI is InChI=1S/C69H112O6/c1-4-7-10-13-15-17-19-21-23-25-27-29-30-31-32-33-34-35-36-37-38-40-41-43-45-47-49-51-53-56-59-62-68(71)74-65-66(64-73-67(70)61-58-55-12-9-6-3)75-69(72)63-60-57-54-52-50-48-46-44-42-39-28-26-24-22-20-18-16-14-11-8-5-2/h7,10,15,17,20-23,26-29,31-32,34-35,37-38,41,43,47,49,66H,4-6,8-9,11-14,16,18-19,24-25,30,33,36,39-40,42,44-46,48,50-65H2,1-3H3/b10-7-,17-15-,22-20-,23-21-,28-26-,29-27-,32-31-,35-34-,38-37-,43-41-,49-47-. The lowest BCUT2D eigenvalue weighted by Crippen LogP contribution is -2.30. The Bertz CT molecular complexity index is 1620. The van der Waals surface area contributed by atoms with E-state index in [2.05, 4.69) is 154 Å². The van der Waals surface area contributed by atoms with Crippen LogP contribution in [0, 0.1) is 0 Å². The molecule has 424 valence electrons. The van der Waals surface area contributed by atoms with Crippen molar-refractivity contribution in [2.24, 2.45) is 0 Å². The lowest BCUT2D eigenvalue weighted by atomic mass is 10.1. The molecule has 0 aliphatic heterocycles. The van der Waals surface area contributed by atoms with Gasteiger partial charge in [0.05, 0.1) is 0 Å². The van der Waals surface area contributed by atoms with Gasteiger partial charge in [-0.2, -0.15) is 0 Å². The minimum atomic E-state index is -0.795. The summed E-state index contributed by atoms with van der Waals surface area (Å²) in [6, 6.07) is 0. The zero-order valence-corrected chi connectivity index (χ0v) is 48.5. The normalized spacial score (nSPS) is 13.1. The average molecular weight is 1040 g/mol. The molecule has 0 heterocycles. The third-order valence-electron chi connectivity index (χ3n) is 12.6. The van der Waals surface area contributed by atoms with Gasteiger partial charge in [-0.1, -0.05) is 257 Å². The number of allylic oxidation sites excluding steroid dienone is 22. The monoisotopic (exact) mass is 1040 g/mol. The van der Waals surface area contributed by atoms with Gasteiger partial charge in [-0.15, -0.1) is 0 Å². The Morgan fingerprint density at radius 2 is 0.520 bits per heavy atom. The number of hydrogen-bond donors (Lipinski definition) is 0. The highest BCUT2D eigenvalue weighted by Crippen LogP contribution is 2.14. The number of unbranched alkanes of at least 4 members (excludes halogenated alkanes) is 21. The molecule has 0 spiro atoms. The molecular weight excluding hydrogens is 925 g/mol. The fraction of sp³-hybridized carbons (Fsp3) is 0.638. The molecule has 0 amide bonds. The topological polar surface area (TPSA) is 78.9 Å². The Morgan fingerprint density at radius 1 is 0.280 bits per heavy atom. The van der Waals surface area contributed by atoms with Gasteiger partial charge in [0.25, 0.3) is 0 Å². The molecule has 0 aliphatic rings. The van der Waals surface area contributed by atoms with E-state index in [4.69, 9.17) is 14.2 Å². The maximum atomic E-state index is 12.8. The number of esters is 3. The first-order chi connectivity index (χ1) is 37.0. The van der Waals surface area contributed by atoms with Crippen molar-refractivity contribution in [2.75, 3.05) is 13.2 Å². The van der Waals surface area contributed by atoms with Crippen LogP contribution in [0.2, 0.25) is 0 Å². The van der Waals surface area contributed by atoms with Crippen LogP contribution in [0.15, 0.2) is 134 Å². The quantitative estimate of drug-likeness (QED) is 0.0261. The van der Waals surface area contributed by atoms with E-state index in [-0.39, 0.29) is 31.1 Å². The molecule has 0 fully saturated rings. The molecule has 0 bridgehead atoms. The smallest absolute Gasteiger partial charge is 0.306 e. The predicted molar refractivity (Wildman–Crippen MR) is 325 cm³/mol. The van der Waals surface area contributed by atoms with Gasteiger partial charge in [0.1, 0.15) is 13.2 Å². The molecule has 1 atom stereocenters. The molecule has 0 aromatic carbocycles. The maximum absolute atomic E-state index is 12.8. The number of carbonyl (C=O) groups excluding carboxylic acids is 3. The number of hydrogen-bond acceptors (Lipinski definition) is 6. The molecule has 0 saturated carbocycles. The van der Waals surface area contributed by atoms with Crippen molar-refractivity contribution in [1.82, 2.24) is 0 Å². The molecule has 1 unspecified atom stereocenters. The lowest BCUT2D eigenvalue weighted by molar-refractivity contribution is -0.167. The SMILES string of the molecule is CC/C=C\C/C=C\C/C=C\C/C=C\C/C=C\C/C=C\C/C=C\C/C=C\C/C=C\CCCCCC(=O)OCC(COC(=O)CCCCCCC)OC(=O)CCCCCCCCCCC/C=C\C/C=C\CCCCCCC. The van der Waals surface area contributed by atoms with Gasteiger partial charge >= 0.3 is 17.9 Å². The second-order valence-corrected chi connectivity index (χ2v) is 19.9. The summed E-state index contributed by atoms with van der Waals surface area (Å²) in [5.41, 5.74) is 0. The Balaban J connectivity index is 4.18. The maximum Gasteiger partial charge on any atom is 0.306 e. The van der Waals surface area contributed by atoms with Crippen molar-refractivity contribution < 1.29 is 28.6 Å². The summed E-state index contributed by atoms with van der Waals surface area (Å²) >= 11 is 0. The summed E-state index contributed by atoms with van der Waals surface area (Å²) in [6.07, 6.45) is 87.8. The predicted octanol–water partition coefficient (Wildman–Crippen LogP) is 21.0. The van der Waals surface area contributed by atoms with Gasteiger partial charge in [0, 0.05) is 19.3 Å². The second-order valence-electron chi connectivity index (χ2n) is 19.9. The summed E-state index contributed by atoms with van der Waals surface area (Å²) in [5, 5.41) is 0. The first kappa shape index (κ1) is 70.5. The van der Waals surface area contributed by atoms with E-state index in [0.717, 1.165) is 141 Å². The Labute approximate surface area is 462 Å². The molecular formula is C69H112O6. The second kappa shape index (κ2) is 62.1.